The molecule has 15 rings (SSSR count). The van der Waals surface area contributed by atoms with Crippen molar-refractivity contribution in [2.75, 3.05) is 4.90 Å². The standard InChI is InChI=1S/C98H97NO/c1-93(2,3)68-47-66(48-69(53-68)94(4,5)6)64-43-45-75-80(51-64)88-76-46-44-65(67-49-70(95(7,8)9)54-71(50-67)96(10,11)12)52-83(76)99(91-79(62-37-27-21-28-38-62)59-81-74-41-31-32-42-85(74)100-92(81)86(91)63-39-29-22-30-40-63)84-58-73(98(16,17)18)57-82(90(84)88)87(75)89-77(60-33-23-19-24-34-60)55-72(97(13,14)15)56-78(89)61-35-25-20-26-36-61/h19-59,87-88H,1-18H3. The summed E-state index contributed by atoms with van der Waals surface area (Å²) in [6.45, 7) is 42.7. The topological polar surface area (TPSA) is 16.4 Å². The van der Waals surface area contributed by atoms with Gasteiger partial charge in [-0.3, -0.25) is 0 Å². The monoisotopic (exact) mass is 1300 g/mol. The molecule has 1 aromatic heterocycles. The predicted octanol–water partition coefficient (Wildman–Crippen LogP) is 27.8. The average Bonchev–Trinajstić information content (AvgIpc) is 0.802. The predicted molar refractivity (Wildman–Crippen MR) is 428 cm³/mol. The van der Waals surface area contributed by atoms with Crippen LogP contribution in [-0.4, -0.2) is 0 Å². The maximum Gasteiger partial charge on any atom is 0.145 e. The number of furan rings is 1. The largest absolute Gasteiger partial charge is 0.455 e. The van der Waals surface area contributed by atoms with Crippen LogP contribution in [-0.2, 0) is 32.5 Å². The molecule has 0 saturated heterocycles. The lowest BCUT2D eigenvalue weighted by atomic mass is 9.62. The fourth-order valence-corrected chi connectivity index (χ4v) is 15.8. The van der Waals surface area contributed by atoms with Gasteiger partial charge in [-0.25, -0.2) is 0 Å². The summed E-state index contributed by atoms with van der Waals surface area (Å²) in [6, 6.07) is 96.4. The third-order valence-electron chi connectivity index (χ3n) is 21.7. The molecule has 500 valence electrons. The van der Waals surface area contributed by atoms with Gasteiger partial charge in [-0.2, -0.15) is 0 Å². The maximum atomic E-state index is 7.43. The SMILES string of the molecule is CC(C)(C)c1cc(-c2ccc3c(c2)C2c4ccc(-c5cc(C(C)(C)C)cc(C(C)(C)C)c5)cc4N(c4c(-c5ccccc5)cc5c(oc6ccccc65)c4-c4ccccc4)c4cc(C(C)(C)C)cc(c42)C3c2c(-c3ccccc3)cc(C(C)(C)C)cc2-c2ccccc2)cc(C(C)(C)C)c1. The Labute approximate surface area is 595 Å². The molecule has 0 saturated carbocycles. The summed E-state index contributed by atoms with van der Waals surface area (Å²) < 4.78 is 7.43. The first kappa shape index (κ1) is 66.1. The zero-order chi connectivity index (χ0) is 70.3. The molecule has 0 fully saturated rings. The minimum atomic E-state index is -0.295. The van der Waals surface area contributed by atoms with Crippen LogP contribution in [0.1, 0.15) is 203 Å². The van der Waals surface area contributed by atoms with E-state index in [1.54, 1.807) is 0 Å². The lowest BCUT2D eigenvalue weighted by molar-refractivity contribution is 0.568. The summed E-state index contributed by atoms with van der Waals surface area (Å²) in [5, 5.41) is 2.19. The lowest BCUT2D eigenvalue weighted by Crippen LogP contribution is -2.30. The summed E-state index contributed by atoms with van der Waals surface area (Å²) >= 11 is 0. The van der Waals surface area contributed by atoms with E-state index in [9.17, 15) is 0 Å². The van der Waals surface area contributed by atoms with Crippen LogP contribution in [0, 0.1) is 0 Å². The smallest absolute Gasteiger partial charge is 0.145 e. The summed E-state index contributed by atoms with van der Waals surface area (Å²) in [7, 11) is 0. The van der Waals surface area contributed by atoms with Gasteiger partial charge in [-0.05, 0) is 185 Å². The number of fused-ring (bicyclic) bond motifs is 7. The van der Waals surface area contributed by atoms with Crippen molar-refractivity contribution in [2.45, 2.75) is 169 Å². The molecule has 2 heterocycles. The molecule has 0 radical (unpaired) electrons. The van der Waals surface area contributed by atoms with Crippen LogP contribution in [0.5, 0.6) is 0 Å². The number of anilines is 3. The van der Waals surface area contributed by atoms with Crippen molar-refractivity contribution >= 4 is 39.0 Å². The average molecular weight is 1300 g/mol. The van der Waals surface area contributed by atoms with Gasteiger partial charge in [0.05, 0.1) is 17.1 Å². The molecular weight excluding hydrogens is 1210 g/mol. The van der Waals surface area contributed by atoms with E-state index < -0.39 is 0 Å². The van der Waals surface area contributed by atoms with Crippen molar-refractivity contribution < 1.29 is 4.42 Å². The van der Waals surface area contributed by atoms with Gasteiger partial charge in [0, 0.05) is 33.7 Å². The Bertz CT molecular complexity index is 5200. The summed E-state index contributed by atoms with van der Waals surface area (Å²) in [5.74, 6) is -0.436. The molecule has 0 N–H and O–H groups in total. The van der Waals surface area contributed by atoms with Gasteiger partial charge in [0.25, 0.3) is 0 Å². The van der Waals surface area contributed by atoms with Crippen LogP contribution in [0.4, 0.5) is 17.1 Å². The molecule has 0 amide bonds. The van der Waals surface area contributed by atoms with E-state index in [-0.39, 0.29) is 44.3 Å². The third kappa shape index (κ3) is 11.7. The fraction of sp³-hybridized carbons (Fsp3) is 0.265. The van der Waals surface area contributed by atoms with Gasteiger partial charge in [-0.1, -0.05) is 343 Å². The van der Waals surface area contributed by atoms with E-state index in [0.717, 1.165) is 55.6 Å². The molecule has 0 spiro atoms. The Hall–Kier alpha value is -9.76. The molecule has 13 aromatic rings. The fourth-order valence-electron chi connectivity index (χ4n) is 15.8. The first-order valence-electron chi connectivity index (χ1n) is 36.4. The molecule has 12 aromatic carbocycles. The Balaban J connectivity index is 1.17. The van der Waals surface area contributed by atoms with Crippen molar-refractivity contribution in [3.05, 3.63) is 315 Å². The molecular formula is C98H97NO. The minimum Gasteiger partial charge on any atom is -0.455 e. The Morgan fingerprint density at radius 1 is 0.260 bits per heavy atom. The Morgan fingerprint density at radius 2 is 0.660 bits per heavy atom. The van der Waals surface area contributed by atoms with E-state index in [1.165, 1.54) is 117 Å². The van der Waals surface area contributed by atoms with Crippen molar-refractivity contribution in [3.8, 4) is 66.8 Å². The first-order valence-corrected chi connectivity index (χ1v) is 36.4. The number of nitrogens with zero attached hydrogens (tertiary/aromatic N) is 1. The minimum absolute atomic E-state index is 0.0824. The Kier molecular flexibility index (Phi) is 15.9. The van der Waals surface area contributed by atoms with E-state index in [0.29, 0.717) is 0 Å². The molecule has 100 heavy (non-hydrogen) atoms. The van der Waals surface area contributed by atoms with Crippen LogP contribution < -0.4 is 4.90 Å². The quantitative estimate of drug-likeness (QED) is 0.151. The van der Waals surface area contributed by atoms with E-state index in [2.05, 4.69) is 378 Å². The van der Waals surface area contributed by atoms with E-state index in [4.69, 9.17) is 4.42 Å². The number of hydrogen-bond acceptors (Lipinski definition) is 2. The second-order valence-corrected chi connectivity index (χ2v) is 35.0. The van der Waals surface area contributed by atoms with Crippen molar-refractivity contribution in [1.29, 1.82) is 0 Å². The van der Waals surface area contributed by atoms with Crippen molar-refractivity contribution in [3.63, 3.8) is 0 Å². The van der Waals surface area contributed by atoms with Gasteiger partial charge in [-0.15, -0.1) is 0 Å². The highest BCUT2D eigenvalue weighted by atomic mass is 16.3. The molecule has 1 aliphatic heterocycles. The molecule has 2 aliphatic rings. The third-order valence-corrected chi connectivity index (χ3v) is 21.7. The maximum absolute atomic E-state index is 7.43. The van der Waals surface area contributed by atoms with Gasteiger partial charge in [0.1, 0.15) is 11.2 Å². The number of para-hydroxylation sites is 1. The second kappa shape index (κ2) is 24.0. The molecule has 2 heteroatoms. The van der Waals surface area contributed by atoms with Gasteiger partial charge >= 0.3 is 0 Å². The van der Waals surface area contributed by atoms with Gasteiger partial charge < -0.3 is 9.32 Å². The highest BCUT2D eigenvalue weighted by Gasteiger charge is 2.46. The van der Waals surface area contributed by atoms with Gasteiger partial charge in [0.15, 0.2) is 0 Å². The van der Waals surface area contributed by atoms with Crippen LogP contribution in [0.3, 0.4) is 0 Å². The van der Waals surface area contributed by atoms with Crippen LogP contribution in [0.25, 0.3) is 88.7 Å². The van der Waals surface area contributed by atoms with Crippen LogP contribution >= 0.6 is 0 Å². The van der Waals surface area contributed by atoms with Gasteiger partial charge in [0.2, 0.25) is 0 Å². The van der Waals surface area contributed by atoms with Crippen molar-refractivity contribution in [1.82, 2.24) is 0 Å². The zero-order valence-electron chi connectivity index (χ0n) is 62.2. The highest BCUT2D eigenvalue weighted by Crippen LogP contribution is 2.64. The number of hydrogen-bond donors (Lipinski definition) is 0. The van der Waals surface area contributed by atoms with Crippen LogP contribution in [0.2, 0.25) is 0 Å². The second-order valence-electron chi connectivity index (χ2n) is 35.0. The summed E-state index contributed by atoms with van der Waals surface area (Å²) in [6.07, 6.45) is 0. The van der Waals surface area contributed by atoms with Crippen molar-refractivity contribution in [2.24, 2.45) is 0 Å². The first-order chi connectivity index (χ1) is 47.4. The molecule has 1 aliphatic carbocycles. The molecule has 2 unspecified atom stereocenters. The summed E-state index contributed by atoms with van der Waals surface area (Å²) in [5.41, 5.74) is 34.3. The normalized spacial score (nSPS) is 14.9. The molecule has 0 bridgehead atoms. The Morgan fingerprint density at radius 3 is 1.14 bits per heavy atom. The lowest BCUT2D eigenvalue weighted by Gasteiger charge is -2.46. The van der Waals surface area contributed by atoms with Crippen LogP contribution in [0.15, 0.2) is 253 Å². The van der Waals surface area contributed by atoms with E-state index >= 15 is 0 Å². The van der Waals surface area contributed by atoms with E-state index in [1.807, 2.05) is 0 Å². The molecule has 2 nitrogen and oxygen atoms in total. The number of rotatable bonds is 8. The summed E-state index contributed by atoms with van der Waals surface area (Å²) in [4.78, 5) is 2.74. The molecule has 2 atom stereocenters. The number of benzene rings is 12. The highest BCUT2D eigenvalue weighted by molar-refractivity contribution is 6.17. The zero-order valence-corrected chi connectivity index (χ0v) is 62.2.